The van der Waals surface area contributed by atoms with Crippen molar-refractivity contribution < 1.29 is 4.42 Å². The van der Waals surface area contributed by atoms with Crippen molar-refractivity contribution in [3.63, 3.8) is 0 Å². The van der Waals surface area contributed by atoms with Gasteiger partial charge in [0, 0.05) is 21.7 Å². The minimum absolute atomic E-state index is 0.304. The Morgan fingerprint density at radius 1 is 1.06 bits per heavy atom. The summed E-state index contributed by atoms with van der Waals surface area (Å²) in [6.07, 6.45) is 1.66. The average Bonchev–Trinajstić information content (AvgIpc) is 3.27. The minimum atomic E-state index is -0.472. The molecule has 0 amide bonds. The number of hydrogen-bond acceptors (Lipinski definition) is 6. The van der Waals surface area contributed by atoms with E-state index < -0.39 is 5.63 Å². The zero-order chi connectivity index (χ0) is 21.4. The Bertz CT molecular complexity index is 1590. The lowest BCUT2D eigenvalue weighted by atomic mass is 10.1. The van der Waals surface area contributed by atoms with E-state index in [0.717, 1.165) is 16.3 Å². The molecular weight excluding hydrogens is 430 g/mol. The highest BCUT2D eigenvalue weighted by Gasteiger charge is 2.14. The number of allylic oxidation sites excluding steroid dienone is 1. The van der Waals surface area contributed by atoms with E-state index in [-0.39, 0.29) is 0 Å². The number of aromatic nitrogens is 2. The molecule has 148 valence electrons. The Hall–Kier alpha value is -3.79. The molecule has 0 bridgehead atoms. The summed E-state index contributed by atoms with van der Waals surface area (Å²) in [5, 5.41) is 14.0. The van der Waals surface area contributed by atoms with Gasteiger partial charge in [-0.2, -0.15) is 5.26 Å². The summed E-state index contributed by atoms with van der Waals surface area (Å²) in [4.78, 5) is 21.3. The van der Waals surface area contributed by atoms with E-state index in [1.807, 2.05) is 48.5 Å². The van der Waals surface area contributed by atoms with E-state index >= 15 is 0 Å². The molecule has 0 unspecified atom stereocenters. The first-order valence-corrected chi connectivity index (χ1v) is 10.5. The maximum atomic E-state index is 12.4. The van der Waals surface area contributed by atoms with Crippen LogP contribution < -0.4 is 5.63 Å². The van der Waals surface area contributed by atoms with Crippen LogP contribution in [0.25, 0.3) is 44.8 Å². The number of fused-ring (bicyclic) bond motifs is 2. The zero-order valence-electron chi connectivity index (χ0n) is 15.9. The minimum Gasteiger partial charge on any atom is -0.422 e. The molecule has 5 rings (SSSR count). The van der Waals surface area contributed by atoms with Gasteiger partial charge in [-0.3, -0.25) is 0 Å². The third kappa shape index (κ3) is 3.61. The fourth-order valence-electron chi connectivity index (χ4n) is 3.27. The molecule has 0 aliphatic carbocycles. The summed E-state index contributed by atoms with van der Waals surface area (Å²) in [6.45, 7) is 0. The highest BCUT2D eigenvalue weighted by Crippen LogP contribution is 2.29. The molecule has 3 heterocycles. The molecule has 0 saturated heterocycles. The summed E-state index contributed by atoms with van der Waals surface area (Å²) in [5.74, 6) is 0. The first kappa shape index (κ1) is 19.2. The summed E-state index contributed by atoms with van der Waals surface area (Å²) in [5.41, 5.74) is 2.59. The maximum absolute atomic E-state index is 12.4. The van der Waals surface area contributed by atoms with Crippen LogP contribution in [0.2, 0.25) is 5.15 Å². The fourth-order valence-corrected chi connectivity index (χ4v) is 4.25. The van der Waals surface area contributed by atoms with Crippen LogP contribution >= 0.6 is 22.9 Å². The van der Waals surface area contributed by atoms with E-state index in [4.69, 9.17) is 16.0 Å². The van der Waals surface area contributed by atoms with Gasteiger partial charge < -0.3 is 4.42 Å². The first-order valence-electron chi connectivity index (χ1n) is 9.28. The van der Waals surface area contributed by atoms with Gasteiger partial charge in [0.05, 0.1) is 22.3 Å². The fraction of sp³-hybridized carbons (Fsp3) is 0. The van der Waals surface area contributed by atoms with E-state index in [1.165, 1.54) is 11.3 Å². The number of para-hydroxylation sites is 2. The van der Waals surface area contributed by atoms with Crippen LogP contribution in [0.15, 0.2) is 75.3 Å². The average molecular weight is 442 g/mol. The molecule has 0 saturated carbocycles. The van der Waals surface area contributed by atoms with Crippen LogP contribution in [0.3, 0.4) is 0 Å². The van der Waals surface area contributed by atoms with Crippen molar-refractivity contribution in [2.75, 3.05) is 0 Å². The summed E-state index contributed by atoms with van der Waals surface area (Å²) in [7, 11) is 0. The smallest absolute Gasteiger partial charge is 0.345 e. The predicted molar refractivity (Wildman–Crippen MR) is 124 cm³/mol. The van der Waals surface area contributed by atoms with E-state index in [1.54, 1.807) is 23.6 Å². The molecule has 0 N–H and O–H groups in total. The summed E-state index contributed by atoms with van der Waals surface area (Å²) >= 11 is 7.61. The molecule has 5 aromatic rings. The topological polar surface area (TPSA) is 79.8 Å². The quantitative estimate of drug-likeness (QED) is 0.189. The normalized spacial score (nSPS) is 11.7. The molecule has 0 radical (unpaired) electrons. The molecule has 0 fully saturated rings. The number of rotatable bonds is 3. The van der Waals surface area contributed by atoms with Crippen LogP contribution in [-0.4, -0.2) is 9.97 Å². The van der Waals surface area contributed by atoms with Gasteiger partial charge >= 0.3 is 5.63 Å². The number of halogens is 1. The number of nitriles is 1. The van der Waals surface area contributed by atoms with Gasteiger partial charge in [-0.05, 0) is 30.3 Å². The molecule has 0 aliphatic rings. The summed E-state index contributed by atoms with van der Waals surface area (Å²) < 4.78 is 5.40. The van der Waals surface area contributed by atoms with Crippen molar-refractivity contribution in [3.8, 4) is 17.3 Å². The Balaban J connectivity index is 1.57. The second kappa shape index (κ2) is 7.80. The highest BCUT2D eigenvalue weighted by molar-refractivity contribution is 7.11. The molecule has 0 aliphatic heterocycles. The van der Waals surface area contributed by atoms with Crippen molar-refractivity contribution in [2.45, 2.75) is 0 Å². The van der Waals surface area contributed by atoms with Gasteiger partial charge in [-0.25, -0.2) is 14.8 Å². The predicted octanol–water partition coefficient (Wildman–Crippen LogP) is 6.18. The van der Waals surface area contributed by atoms with Crippen LogP contribution in [0, 0.1) is 11.3 Å². The Kier molecular flexibility index (Phi) is 4.83. The van der Waals surface area contributed by atoms with E-state index in [2.05, 4.69) is 16.0 Å². The molecule has 7 heteroatoms. The Morgan fingerprint density at radius 2 is 1.84 bits per heavy atom. The van der Waals surface area contributed by atoms with E-state index in [0.29, 0.717) is 38.1 Å². The van der Waals surface area contributed by atoms with Crippen LogP contribution in [-0.2, 0) is 0 Å². The van der Waals surface area contributed by atoms with Gasteiger partial charge in [-0.15, -0.1) is 11.3 Å². The second-order valence-electron chi connectivity index (χ2n) is 6.75. The first-order chi connectivity index (χ1) is 15.1. The van der Waals surface area contributed by atoms with Crippen molar-refractivity contribution in [3.05, 3.63) is 92.2 Å². The largest absolute Gasteiger partial charge is 0.422 e. The number of hydrogen-bond donors (Lipinski definition) is 0. The van der Waals surface area contributed by atoms with Gasteiger partial charge in [0.25, 0.3) is 0 Å². The lowest BCUT2D eigenvalue weighted by Gasteiger charge is -2.02. The van der Waals surface area contributed by atoms with Crippen molar-refractivity contribution in [2.24, 2.45) is 0 Å². The maximum Gasteiger partial charge on any atom is 0.345 e. The van der Waals surface area contributed by atoms with Crippen molar-refractivity contribution >= 4 is 56.5 Å². The zero-order valence-corrected chi connectivity index (χ0v) is 17.4. The third-order valence-electron chi connectivity index (χ3n) is 4.78. The lowest BCUT2D eigenvalue weighted by molar-refractivity contribution is 0.563. The van der Waals surface area contributed by atoms with Crippen LogP contribution in [0.4, 0.5) is 0 Å². The van der Waals surface area contributed by atoms with Gasteiger partial charge in [-0.1, -0.05) is 48.0 Å². The number of benzene rings is 2. The SMILES string of the molecule is N#C/C(=C\c1cc2ccccc2nc1Cl)c1nc(-c2cc3ccccc3oc2=O)cs1. The van der Waals surface area contributed by atoms with Crippen molar-refractivity contribution in [1.29, 1.82) is 5.26 Å². The number of nitrogens with zero attached hydrogens (tertiary/aromatic N) is 3. The second-order valence-corrected chi connectivity index (χ2v) is 7.97. The highest BCUT2D eigenvalue weighted by atomic mass is 35.5. The molecule has 3 aromatic heterocycles. The van der Waals surface area contributed by atoms with Gasteiger partial charge in [0.1, 0.15) is 21.8 Å². The number of pyridine rings is 1. The molecule has 31 heavy (non-hydrogen) atoms. The lowest BCUT2D eigenvalue weighted by Crippen LogP contribution is -2.02. The standard InChI is InChI=1S/C24H12ClN3O2S/c25-22-16(9-14-5-1-3-7-19(14)27-22)10-17(12-26)23-28-20(13-31-23)18-11-15-6-2-4-8-21(15)30-24(18)29/h1-11,13H/b17-10+. The third-order valence-corrected chi connectivity index (χ3v) is 5.96. The van der Waals surface area contributed by atoms with Gasteiger partial charge in [0.15, 0.2) is 0 Å². The summed E-state index contributed by atoms with van der Waals surface area (Å²) in [6, 6.07) is 20.7. The van der Waals surface area contributed by atoms with Gasteiger partial charge in [0.2, 0.25) is 0 Å². The molecule has 0 spiro atoms. The van der Waals surface area contributed by atoms with Crippen LogP contribution in [0.5, 0.6) is 0 Å². The molecular formula is C24H12ClN3O2S. The molecule has 0 atom stereocenters. The van der Waals surface area contributed by atoms with Crippen LogP contribution in [0.1, 0.15) is 10.6 Å². The van der Waals surface area contributed by atoms with E-state index in [9.17, 15) is 10.1 Å². The Labute approximate surface area is 185 Å². The Morgan fingerprint density at radius 3 is 2.68 bits per heavy atom. The monoisotopic (exact) mass is 441 g/mol. The van der Waals surface area contributed by atoms with Crippen molar-refractivity contribution in [1.82, 2.24) is 9.97 Å². The number of thiazole rings is 1. The molecule has 2 aromatic carbocycles. The molecule has 5 nitrogen and oxygen atoms in total.